The average molecular weight is 266 g/mol. The molecule has 1 N–H and O–H groups in total. The van der Waals surface area contributed by atoms with E-state index in [0.29, 0.717) is 30.9 Å². The topological polar surface area (TPSA) is 55.8 Å². The van der Waals surface area contributed by atoms with Crippen molar-refractivity contribution in [1.29, 1.82) is 0 Å². The summed E-state index contributed by atoms with van der Waals surface area (Å²) in [7, 11) is 0. The molecule has 3 rings (SSSR count). The van der Waals surface area contributed by atoms with Gasteiger partial charge in [-0.25, -0.2) is 4.39 Å². The highest BCUT2D eigenvalue weighted by molar-refractivity contribution is 5.70. The van der Waals surface area contributed by atoms with Crippen LogP contribution in [0.15, 0.2) is 12.1 Å². The second-order valence-corrected chi connectivity index (χ2v) is 5.19. The molecule has 0 radical (unpaired) electrons. The van der Waals surface area contributed by atoms with Gasteiger partial charge in [-0.05, 0) is 30.5 Å². The Labute approximate surface area is 110 Å². The van der Waals surface area contributed by atoms with Crippen LogP contribution in [0.1, 0.15) is 31.2 Å². The summed E-state index contributed by atoms with van der Waals surface area (Å²) >= 11 is 0. The number of hydrogen-bond donors (Lipinski definition) is 1. The summed E-state index contributed by atoms with van der Waals surface area (Å²) in [6.07, 6.45) is 2.30. The lowest BCUT2D eigenvalue weighted by Gasteiger charge is -2.16. The molecule has 1 aromatic carbocycles. The second-order valence-electron chi connectivity index (χ2n) is 5.19. The van der Waals surface area contributed by atoms with Crippen molar-refractivity contribution in [3.8, 4) is 11.5 Å². The molecule has 1 aliphatic carbocycles. The summed E-state index contributed by atoms with van der Waals surface area (Å²) < 4.78 is 24.9. The highest BCUT2D eigenvalue weighted by Crippen LogP contribution is 2.53. The SMILES string of the molecule is O=C(O)CC1(c2cc(F)c3c(c2)OCCCO3)CC1. The van der Waals surface area contributed by atoms with E-state index in [9.17, 15) is 9.18 Å². The van der Waals surface area contributed by atoms with Crippen molar-refractivity contribution in [3.63, 3.8) is 0 Å². The molecule has 1 aromatic rings. The molecule has 4 nitrogen and oxygen atoms in total. The van der Waals surface area contributed by atoms with E-state index < -0.39 is 17.2 Å². The smallest absolute Gasteiger partial charge is 0.304 e. The number of carboxylic acids is 1. The standard InChI is InChI=1S/C14H15FO4/c15-10-6-9(14(2-3-14)8-12(16)17)7-11-13(10)19-5-1-4-18-11/h6-7H,1-5,8H2,(H,16,17). The van der Waals surface area contributed by atoms with Crippen molar-refractivity contribution >= 4 is 5.97 Å². The monoisotopic (exact) mass is 266 g/mol. The first-order chi connectivity index (χ1) is 9.11. The Morgan fingerprint density at radius 1 is 1.32 bits per heavy atom. The lowest BCUT2D eigenvalue weighted by Crippen LogP contribution is -2.13. The third-order valence-corrected chi connectivity index (χ3v) is 3.76. The minimum Gasteiger partial charge on any atom is -0.489 e. The van der Waals surface area contributed by atoms with Crippen molar-refractivity contribution in [2.75, 3.05) is 13.2 Å². The first-order valence-electron chi connectivity index (χ1n) is 6.42. The number of halogens is 1. The van der Waals surface area contributed by atoms with E-state index in [2.05, 4.69) is 0 Å². The summed E-state index contributed by atoms with van der Waals surface area (Å²) in [5.41, 5.74) is 0.286. The number of hydrogen-bond acceptors (Lipinski definition) is 3. The van der Waals surface area contributed by atoms with Crippen molar-refractivity contribution in [1.82, 2.24) is 0 Å². The average Bonchev–Trinajstić information content (AvgIpc) is 3.12. The van der Waals surface area contributed by atoms with Crippen LogP contribution in [0.4, 0.5) is 4.39 Å². The van der Waals surface area contributed by atoms with Gasteiger partial charge in [0.2, 0.25) is 0 Å². The number of rotatable bonds is 3. The van der Waals surface area contributed by atoms with Crippen LogP contribution in [-0.2, 0) is 10.2 Å². The van der Waals surface area contributed by atoms with Gasteiger partial charge in [-0.15, -0.1) is 0 Å². The molecular weight excluding hydrogens is 251 g/mol. The van der Waals surface area contributed by atoms with E-state index >= 15 is 0 Å². The Balaban J connectivity index is 1.98. The fraction of sp³-hybridized carbons (Fsp3) is 0.500. The zero-order valence-corrected chi connectivity index (χ0v) is 10.4. The molecule has 2 aliphatic rings. The Morgan fingerprint density at radius 2 is 2.05 bits per heavy atom. The summed E-state index contributed by atoms with van der Waals surface area (Å²) in [6.45, 7) is 0.922. The molecule has 1 heterocycles. The van der Waals surface area contributed by atoms with E-state index in [1.165, 1.54) is 6.07 Å². The zero-order valence-electron chi connectivity index (χ0n) is 10.4. The number of aliphatic carboxylic acids is 1. The molecule has 0 saturated heterocycles. The molecule has 0 spiro atoms. The Hall–Kier alpha value is -1.78. The maximum Gasteiger partial charge on any atom is 0.304 e. The van der Waals surface area contributed by atoms with Crippen LogP contribution < -0.4 is 9.47 Å². The van der Waals surface area contributed by atoms with Crippen LogP contribution in [-0.4, -0.2) is 24.3 Å². The van der Waals surface area contributed by atoms with E-state index in [-0.39, 0.29) is 12.2 Å². The molecule has 19 heavy (non-hydrogen) atoms. The van der Waals surface area contributed by atoms with E-state index in [1.54, 1.807) is 6.07 Å². The third kappa shape index (κ3) is 2.25. The van der Waals surface area contributed by atoms with Crippen LogP contribution in [0.3, 0.4) is 0 Å². The Morgan fingerprint density at radius 3 is 2.74 bits per heavy atom. The molecule has 0 unspecified atom stereocenters. The minimum absolute atomic E-state index is 0.0338. The first kappa shape index (κ1) is 12.3. The predicted octanol–water partition coefficient (Wildman–Crippen LogP) is 2.49. The zero-order chi connectivity index (χ0) is 13.5. The summed E-state index contributed by atoms with van der Waals surface area (Å²) in [5, 5.41) is 8.95. The van der Waals surface area contributed by atoms with Gasteiger partial charge in [-0.1, -0.05) is 0 Å². The third-order valence-electron chi connectivity index (χ3n) is 3.76. The normalized spacial score (nSPS) is 19.6. The Kier molecular flexibility index (Phi) is 2.84. The van der Waals surface area contributed by atoms with Crippen molar-refractivity contribution in [2.45, 2.75) is 31.1 Å². The van der Waals surface area contributed by atoms with E-state index in [0.717, 1.165) is 12.8 Å². The van der Waals surface area contributed by atoms with Gasteiger partial charge >= 0.3 is 5.97 Å². The number of carbonyl (C=O) groups is 1. The van der Waals surface area contributed by atoms with Gasteiger partial charge in [-0.3, -0.25) is 4.79 Å². The second kappa shape index (κ2) is 4.40. The fourth-order valence-corrected chi connectivity index (χ4v) is 2.54. The maximum atomic E-state index is 14.1. The van der Waals surface area contributed by atoms with Crippen LogP contribution in [0, 0.1) is 5.82 Å². The van der Waals surface area contributed by atoms with E-state index in [1.807, 2.05) is 0 Å². The maximum absolute atomic E-state index is 14.1. The first-order valence-corrected chi connectivity index (χ1v) is 6.42. The number of ether oxygens (including phenoxy) is 2. The lowest BCUT2D eigenvalue weighted by atomic mass is 9.92. The van der Waals surface area contributed by atoms with Crippen molar-refractivity contribution in [3.05, 3.63) is 23.5 Å². The van der Waals surface area contributed by atoms with E-state index in [4.69, 9.17) is 14.6 Å². The van der Waals surface area contributed by atoms with Gasteiger partial charge in [0.1, 0.15) is 0 Å². The lowest BCUT2D eigenvalue weighted by molar-refractivity contribution is -0.137. The van der Waals surface area contributed by atoms with Gasteiger partial charge in [0.15, 0.2) is 17.3 Å². The Bertz CT molecular complexity index is 522. The fourth-order valence-electron chi connectivity index (χ4n) is 2.54. The van der Waals surface area contributed by atoms with Gasteiger partial charge in [-0.2, -0.15) is 0 Å². The molecular formula is C14H15FO4. The highest BCUT2D eigenvalue weighted by atomic mass is 19.1. The molecule has 0 bridgehead atoms. The van der Waals surface area contributed by atoms with Crippen LogP contribution in [0.5, 0.6) is 11.5 Å². The van der Waals surface area contributed by atoms with Crippen molar-refractivity contribution < 1.29 is 23.8 Å². The van der Waals surface area contributed by atoms with Gasteiger partial charge in [0, 0.05) is 11.8 Å². The highest BCUT2D eigenvalue weighted by Gasteiger charge is 2.46. The molecule has 1 aliphatic heterocycles. The van der Waals surface area contributed by atoms with Crippen LogP contribution in [0.2, 0.25) is 0 Å². The minimum atomic E-state index is -0.856. The van der Waals surface area contributed by atoms with Crippen molar-refractivity contribution in [2.24, 2.45) is 0 Å². The summed E-state index contributed by atoms with van der Waals surface area (Å²) in [4.78, 5) is 10.9. The summed E-state index contributed by atoms with van der Waals surface area (Å²) in [6, 6.07) is 3.13. The van der Waals surface area contributed by atoms with Crippen LogP contribution in [0.25, 0.3) is 0 Å². The quantitative estimate of drug-likeness (QED) is 0.913. The molecule has 0 atom stereocenters. The largest absolute Gasteiger partial charge is 0.489 e. The molecule has 1 saturated carbocycles. The molecule has 0 aromatic heterocycles. The number of carboxylic acid groups (broad SMARTS) is 1. The van der Waals surface area contributed by atoms with Crippen LogP contribution >= 0.6 is 0 Å². The number of fused-ring (bicyclic) bond motifs is 1. The molecule has 102 valence electrons. The predicted molar refractivity (Wildman–Crippen MR) is 65.2 cm³/mol. The number of benzene rings is 1. The van der Waals surface area contributed by atoms with Gasteiger partial charge in [0.25, 0.3) is 0 Å². The molecule has 0 amide bonds. The molecule has 1 fully saturated rings. The molecule has 5 heteroatoms. The van der Waals surface area contributed by atoms with Gasteiger partial charge in [0.05, 0.1) is 19.6 Å². The summed E-state index contributed by atoms with van der Waals surface area (Å²) in [5.74, 6) is -0.785. The van der Waals surface area contributed by atoms with Gasteiger partial charge < -0.3 is 14.6 Å².